The summed E-state index contributed by atoms with van der Waals surface area (Å²) < 4.78 is 9.29. The second kappa shape index (κ2) is 7.74. The number of nitro groups is 1. The van der Waals surface area contributed by atoms with Gasteiger partial charge in [-0.3, -0.25) is 14.9 Å². The molecule has 1 radical (unpaired) electrons. The smallest absolute Gasteiger partial charge is 0.327 e. The zero-order chi connectivity index (χ0) is 13.7. The molecule has 8 heteroatoms. The van der Waals surface area contributed by atoms with Crippen LogP contribution in [0.25, 0.3) is 0 Å². The number of methoxy groups -OCH3 is 2. The van der Waals surface area contributed by atoms with Crippen LogP contribution in [0.3, 0.4) is 0 Å². The molecule has 1 unspecified atom stereocenters. The first-order chi connectivity index (χ1) is 8.54. The molecule has 7 nitrogen and oxygen atoms in total. The number of nitro benzene ring substituents is 1. The molecular formula is C11H10N2NaO5. The van der Waals surface area contributed by atoms with Gasteiger partial charge < -0.3 is 9.47 Å². The van der Waals surface area contributed by atoms with Gasteiger partial charge in [-0.05, 0) is 12.1 Å². The van der Waals surface area contributed by atoms with Crippen molar-refractivity contribution in [3.8, 4) is 11.8 Å². The van der Waals surface area contributed by atoms with E-state index in [1.807, 2.05) is 0 Å². The van der Waals surface area contributed by atoms with Crippen molar-refractivity contribution in [1.29, 1.82) is 5.26 Å². The Kier molecular flexibility index (Phi) is 7.08. The molecule has 19 heavy (non-hydrogen) atoms. The molecular weight excluding hydrogens is 263 g/mol. The number of carbonyl (C=O) groups excluding carboxylic acids is 1. The van der Waals surface area contributed by atoms with E-state index in [0.717, 1.165) is 13.2 Å². The Hall–Kier alpha value is -1.62. The van der Waals surface area contributed by atoms with Crippen LogP contribution in [0.4, 0.5) is 5.69 Å². The number of nitriles is 1. The van der Waals surface area contributed by atoms with Crippen molar-refractivity contribution in [1.82, 2.24) is 0 Å². The van der Waals surface area contributed by atoms with E-state index in [1.165, 1.54) is 19.2 Å². The number of hydrogen-bond donors (Lipinski definition) is 0. The number of rotatable bonds is 4. The number of nitrogens with zero attached hydrogens (tertiary/aromatic N) is 2. The fourth-order valence-corrected chi connectivity index (χ4v) is 1.42. The van der Waals surface area contributed by atoms with Gasteiger partial charge in [0.2, 0.25) is 0 Å². The molecule has 0 aliphatic rings. The number of carbonyl (C=O) groups is 1. The third-order valence-electron chi connectivity index (χ3n) is 2.31. The van der Waals surface area contributed by atoms with Crippen LogP contribution in [-0.2, 0) is 9.53 Å². The van der Waals surface area contributed by atoms with Crippen molar-refractivity contribution in [3.63, 3.8) is 0 Å². The summed E-state index contributed by atoms with van der Waals surface area (Å²) in [4.78, 5) is 21.6. The van der Waals surface area contributed by atoms with Crippen molar-refractivity contribution in [2.75, 3.05) is 14.2 Å². The molecule has 0 fully saturated rings. The summed E-state index contributed by atoms with van der Waals surface area (Å²) in [6.07, 6.45) is 0. The Balaban J connectivity index is 0.00000324. The standard InChI is InChI=1S/C11H10N2O5.Na/c1-17-7-3-4-8(10(5-7)13(15)16)9(6-12)11(14)18-2;/h3-5,9H,1-2H3;. The summed E-state index contributed by atoms with van der Waals surface area (Å²) in [5.74, 6) is -1.90. The molecule has 1 aromatic rings. The predicted octanol–water partition coefficient (Wildman–Crippen LogP) is 1.00. The Morgan fingerprint density at radius 1 is 1.47 bits per heavy atom. The molecule has 95 valence electrons. The van der Waals surface area contributed by atoms with Crippen LogP contribution < -0.4 is 4.74 Å². The number of hydrogen-bond acceptors (Lipinski definition) is 6. The minimum absolute atomic E-state index is 0. The van der Waals surface area contributed by atoms with Crippen LogP contribution in [0.5, 0.6) is 5.75 Å². The third-order valence-corrected chi connectivity index (χ3v) is 2.31. The van der Waals surface area contributed by atoms with Crippen LogP contribution in [0.2, 0.25) is 0 Å². The van der Waals surface area contributed by atoms with Crippen molar-refractivity contribution >= 4 is 41.2 Å². The van der Waals surface area contributed by atoms with Gasteiger partial charge in [-0.25, -0.2) is 0 Å². The summed E-state index contributed by atoms with van der Waals surface area (Å²) in [6.45, 7) is 0. The summed E-state index contributed by atoms with van der Waals surface area (Å²) in [6, 6.07) is 5.58. The molecule has 0 saturated carbocycles. The van der Waals surface area contributed by atoms with Gasteiger partial charge in [0.25, 0.3) is 5.69 Å². The summed E-state index contributed by atoms with van der Waals surface area (Å²) in [7, 11) is 2.48. The maximum absolute atomic E-state index is 11.4. The minimum Gasteiger partial charge on any atom is -0.497 e. The average Bonchev–Trinajstić information content (AvgIpc) is 2.39. The van der Waals surface area contributed by atoms with Gasteiger partial charge in [0.05, 0.1) is 36.8 Å². The molecule has 1 aromatic carbocycles. The first-order valence-electron chi connectivity index (χ1n) is 4.85. The van der Waals surface area contributed by atoms with E-state index in [4.69, 9.17) is 10.00 Å². The normalized spacial score (nSPS) is 10.6. The Labute approximate surface area is 131 Å². The van der Waals surface area contributed by atoms with E-state index in [-0.39, 0.29) is 46.6 Å². The van der Waals surface area contributed by atoms with E-state index < -0.39 is 16.8 Å². The van der Waals surface area contributed by atoms with Gasteiger partial charge in [-0.1, -0.05) is 0 Å². The van der Waals surface area contributed by atoms with Crippen LogP contribution >= 0.6 is 0 Å². The second-order valence-electron chi connectivity index (χ2n) is 3.27. The van der Waals surface area contributed by atoms with Crippen LogP contribution in [0.15, 0.2) is 18.2 Å². The molecule has 0 amide bonds. The molecule has 1 rings (SSSR count). The molecule has 0 spiro atoms. The number of esters is 1. The maximum Gasteiger partial charge on any atom is 0.327 e. The van der Waals surface area contributed by atoms with Gasteiger partial charge in [-0.15, -0.1) is 0 Å². The second-order valence-corrected chi connectivity index (χ2v) is 3.27. The summed E-state index contributed by atoms with van der Waals surface area (Å²) in [5.41, 5.74) is -0.374. The average molecular weight is 273 g/mol. The SMILES string of the molecule is COC(=O)C(C#N)c1ccc(OC)cc1[N+](=O)[O-].[Na]. The Morgan fingerprint density at radius 3 is 2.53 bits per heavy atom. The van der Waals surface area contributed by atoms with Crippen LogP contribution in [0.1, 0.15) is 11.5 Å². The van der Waals surface area contributed by atoms with Crippen molar-refractivity contribution in [3.05, 3.63) is 33.9 Å². The third kappa shape index (κ3) is 3.92. The van der Waals surface area contributed by atoms with Crippen molar-refractivity contribution in [2.45, 2.75) is 5.92 Å². The van der Waals surface area contributed by atoms with E-state index in [9.17, 15) is 14.9 Å². The van der Waals surface area contributed by atoms with E-state index in [1.54, 1.807) is 6.07 Å². The quantitative estimate of drug-likeness (QED) is 0.351. The van der Waals surface area contributed by atoms with Gasteiger partial charge in [0, 0.05) is 29.6 Å². The van der Waals surface area contributed by atoms with Gasteiger partial charge in [0.15, 0.2) is 5.92 Å². The van der Waals surface area contributed by atoms with E-state index in [0.29, 0.717) is 0 Å². The van der Waals surface area contributed by atoms with Crippen molar-refractivity contribution in [2.24, 2.45) is 0 Å². The molecule has 0 bridgehead atoms. The Morgan fingerprint density at radius 2 is 2.11 bits per heavy atom. The summed E-state index contributed by atoms with van der Waals surface area (Å²) >= 11 is 0. The zero-order valence-electron chi connectivity index (χ0n) is 10.7. The topological polar surface area (TPSA) is 102 Å². The van der Waals surface area contributed by atoms with Gasteiger partial charge in [-0.2, -0.15) is 5.26 Å². The zero-order valence-corrected chi connectivity index (χ0v) is 12.7. The maximum atomic E-state index is 11.4. The Bertz CT molecular complexity index is 526. The minimum atomic E-state index is -1.33. The largest absolute Gasteiger partial charge is 0.497 e. The molecule has 0 aromatic heterocycles. The fourth-order valence-electron chi connectivity index (χ4n) is 1.42. The number of ether oxygens (including phenoxy) is 2. The molecule has 0 N–H and O–H groups in total. The monoisotopic (exact) mass is 273 g/mol. The molecule has 0 aliphatic heterocycles. The molecule has 1 atom stereocenters. The van der Waals surface area contributed by atoms with Gasteiger partial charge in [0.1, 0.15) is 5.75 Å². The first-order valence-corrected chi connectivity index (χ1v) is 4.85. The summed E-state index contributed by atoms with van der Waals surface area (Å²) in [5, 5.41) is 19.8. The van der Waals surface area contributed by atoms with Crippen LogP contribution in [-0.4, -0.2) is 54.7 Å². The van der Waals surface area contributed by atoms with Crippen molar-refractivity contribution < 1.29 is 19.2 Å². The number of benzene rings is 1. The molecule has 0 saturated heterocycles. The molecule has 0 aliphatic carbocycles. The predicted molar refractivity (Wildman–Crippen MR) is 65.8 cm³/mol. The van der Waals surface area contributed by atoms with Gasteiger partial charge >= 0.3 is 5.97 Å². The van der Waals surface area contributed by atoms with Crippen LogP contribution in [0, 0.1) is 21.4 Å². The molecule has 0 heterocycles. The first kappa shape index (κ1) is 17.4. The van der Waals surface area contributed by atoms with E-state index >= 15 is 0 Å². The van der Waals surface area contributed by atoms with E-state index in [2.05, 4.69) is 4.74 Å². The fraction of sp³-hybridized carbons (Fsp3) is 0.273.